The van der Waals surface area contributed by atoms with Gasteiger partial charge in [0.1, 0.15) is 5.37 Å². The van der Waals surface area contributed by atoms with Crippen LogP contribution in [0.3, 0.4) is 0 Å². The Morgan fingerprint density at radius 2 is 1.78 bits per heavy atom. The highest BCUT2D eigenvalue weighted by Crippen LogP contribution is 2.37. The van der Waals surface area contributed by atoms with Gasteiger partial charge < -0.3 is 5.32 Å². The average molecular weight is 394 g/mol. The van der Waals surface area contributed by atoms with E-state index in [1.165, 1.54) is 23.9 Å². The number of β-lactam (4-membered cyclic amide) rings is 1. The minimum Gasteiger partial charge on any atom is -0.331 e. The van der Waals surface area contributed by atoms with Crippen molar-refractivity contribution in [3.63, 3.8) is 0 Å². The van der Waals surface area contributed by atoms with Crippen molar-refractivity contribution in [1.82, 2.24) is 10.2 Å². The number of hydrogen-bond acceptors (Lipinski definition) is 3. The quantitative estimate of drug-likeness (QED) is 0.756. The summed E-state index contributed by atoms with van der Waals surface area (Å²) >= 11 is 1.19. The Hall–Kier alpha value is -2.48. The van der Waals surface area contributed by atoms with Crippen LogP contribution in [-0.4, -0.2) is 22.2 Å². The molecule has 0 bridgehead atoms. The van der Waals surface area contributed by atoms with Gasteiger partial charge in [0.2, 0.25) is 5.91 Å². The maximum Gasteiger partial charge on any atom is 0.416 e. The van der Waals surface area contributed by atoms with Gasteiger partial charge in [0.25, 0.3) is 0 Å². The molecule has 2 aromatic carbocycles. The summed E-state index contributed by atoms with van der Waals surface area (Å²) in [5.74, 6) is -0.308. The fourth-order valence-electron chi connectivity index (χ4n) is 2.68. The molecular weight excluding hydrogens is 377 g/mol. The third-order valence-electron chi connectivity index (χ3n) is 4.22. The van der Waals surface area contributed by atoms with Gasteiger partial charge in [-0.25, -0.2) is 4.79 Å². The van der Waals surface area contributed by atoms with Gasteiger partial charge in [-0.2, -0.15) is 13.2 Å². The van der Waals surface area contributed by atoms with Crippen molar-refractivity contribution >= 4 is 23.7 Å². The van der Waals surface area contributed by atoms with Crippen LogP contribution in [0, 0.1) is 0 Å². The van der Waals surface area contributed by atoms with Crippen LogP contribution in [0.4, 0.5) is 18.0 Å². The molecular formula is C19H17F3N2O2S. The molecule has 0 aliphatic carbocycles. The lowest BCUT2D eigenvalue weighted by atomic mass is 10.1. The van der Waals surface area contributed by atoms with Crippen LogP contribution in [0.5, 0.6) is 0 Å². The van der Waals surface area contributed by atoms with E-state index in [2.05, 4.69) is 5.32 Å². The largest absolute Gasteiger partial charge is 0.416 e. The number of hydrogen-bond donors (Lipinski definition) is 1. The molecule has 0 saturated carbocycles. The summed E-state index contributed by atoms with van der Waals surface area (Å²) in [6.07, 6.45) is -4.23. The van der Waals surface area contributed by atoms with Gasteiger partial charge in [0.15, 0.2) is 0 Å². The van der Waals surface area contributed by atoms with Crippen LogP contribution < -0.4 is 5.32 Å². The van der Waals surface area contributed by atoms with Gasteiger partial charge in [-0.3, -0.25) is 9.69 Å². The van der Waals surface area contributed by atoms with Crippen LogP contribution in [-0.2, 0) is 11.0 Å². The second-order valence-electron chi connectivity index (χ2n) is 6.14. The summed E-state index contributed by atoms with van der Waals surface area (Å²) in [6, 6.07) is 13.2. The molecule has 2 atom stereocenters. The van der Waals surface area contributed by atoms with E-state index in [1.54, 1.807) is 0 Å². The molecule has 0 radical (unpaired) electrons. The highest BCUT2D eigenvalue weighted by Gasteiger charge is 2.42. The van der Waals surface area contributed by atoms with E-state index in [9.17, 15) is 22.8 Å². The fourth-order valence-corrected chi connectivity index (χ4v) is 3.84. The molecule has 1 heterocycles. The molecule has 1 aliphatic rings. The van der Waals surface area contributed by atoms with E-state index >= 15 is 0 Å². The van der Waals surface area contributed by atoms with Gasteiger partial charge in [0, 0.05) is 4.90 Å². The normalized spacial score (nSPS) is 18.0. The van der Waals surface area contributed by atoms with E-state index in [4.69, 9.17) is 0 Å². The van der Waals surface area contributed by atoms with Crippen molar-refractivity contribution in [2.75, 3.05) is 0 Å². The van der Waals surface area contributed by atoms with E-state index in [0.29, 0.717) is 4.90 Å². The lowest BCUT2D eigenvalue weighted by molar-refractivity contribution is -0.138. The number of amides is 3. The first-order valence-electron chi connectivity index (χ1n) is 8.27. The van der Waals surface area contributed by atoms with E-state index in [1.807, 2.05) is 37.3 Å². The minimum absolute atomic E-state index is 0.166. The van der Waals surface area contributed by atoms with Crippen molar-refractivity contribution in [2.24, 2.45) is 0 Å². The fraction of sp³-hybridized carbons (Fsp3) is 0.263. The first kappa shape index (κ1) is 19.3. The van der Waals surface area contributed by atoms with E-state index in [-0.39, 0.29) is 18.4 Å². The number of nitrogens with one attached hydrogen (secondary N) is 1. The Kier molecular flexibility index (Phi) is 5.46. The molecule has 4 nitrogen and oxygen atoms in total. The van der Waals surface area contributed by atoms with Crippen LogP contribution in [0.2, 0.25) is 0 Å². The molecule has 1 aliphatic heterocycles. The molecule has 3 rings (SSSR count). The van der Waals surface area contributed by atoms with Gasteiger partial charge in [0.05, 0.1) is 18.0 Å². The number of nitrogens with zero attached hydrogens (tertiary/aromatic N) is 1. The molecule has 0 aromatic heterocycles. The first-order chi connectivity index (χ1) is 12.8. The van der Waals surface area contributed by atoms with Gasteiger partial charge in [-0.15, -0.1) is 0 Å². The molecule has 0 unspecified atom stereocenters. The predicted molar refractivity (Wildman–Crippen MR) is 95.9 cm³/mol. The standard InChI is InChI=1S/C19H17F3N2O2S/c1-12(13-5-3-2-4-6-13)23-18(26)24-16(25)11-17(24)27-15-9-7-14(8-10-15)19(20,21)22/h2-10,12,17H,11H2,1H3,(H,23,26)/t12-,17-/m1/s1. The summed E-state index contributed by atoms with van der Waals surface area (Å²) in [5, 5.41) is 2.34. The van der Waals surface area contributed by atoms with Crippen molar-refractivity contribution in [3.05, 3.63) is 65.7 Å². The molecule has 2 aromatic rings. The number of imide groups is 1. The Morgan fingerprint density at radius 1 is 1.15 bits per heavy atom. The van der Waals surface area contributed by atoms with Crippen molar-refractivity contribution in [3.8, 4) is 0 Å². The Morgan fingerprint density at radius 3 is 2.33 bits per heavy atom. The van der Waals surface area contributed by atoms with Gasteiger partial charge in [-0.1, -0.05) is 42.1 Å². The molecule has 1 saturated heterocycles. The topological polar surface area (TPSA) is 49.4 Å². The van der Waals surface area contributed by atoms with Crippen molar-refractivity contribution in [2.45, 2.75) is 35.8 Å². The number of carbonyl (C=O) groups excluding carboxylic acids is 2. The Labute approximate surface area is 158 Å². The molecule has 8 heteroatoms. The number of thioether (sulfide) groups is 1. The lowest BCUT2D eigenvalue weighted by Crippen LogP contribution is -2.57. The monoisotopic (exact) mass is 394 g/mol. The third kappa shape index (κ3) is 4.44. The van der Waals surface area contributed by atoms with Gasteiger partial charge in [-0.05, 0) is 36.8 Å². The molecule has 1 fully saturated rings. The Bertz CT molecular complexity index is 825. The molecule has 3 amide bonds. The zero-order valence-electron chi connectivity index (χ0n) is 14.4. The maximum atomic E-state index is 12.6. The third-order valence-corrected chi connectivity index (χ3v) is 5.41. The van der Waals surface area contributed by atoms with Crippen LogP contribution in [0.25, 0.3) is 0 Å². The number of benzene rings is 2. The maximum absolute atomic E-state index is 12.6. The Balaban J connectivity index is 1.62. The summed E-state index contributed by atoms with van der Waals surface area (Å²) in [6.45, 7) is 1.81. The number of rotatable bonds is 4. The lowest BCUT2D eigenvalue weighted by Gasteiger charge is -2.38. The van der Waals surface area contributed by atoms with Crippen molar-refractivity contribution < 1.29 is 22.8 Å². The zero-order chi connectivity index (χ0) is 19.6. The van der Waals surface area contributed by atoms with Crippen molar-refractivity contribution in [1.29, 1.82) is 0 Å². The zero-order valence-corrected chi connectivity index (χ0v) is 15.2. The molecule has 27 heavy (non-hydrogen) atoms. The summed E-state index contributed by atoms with van der Waals surface area (Å²) in [5.41, 5.74) is 0.175. The van der Waals surface area contributed by atoms with E-state index < -0.39 is 23.1 Å². The highest BCUT2D eigenvalue weighted by atomic mass is 32.2. The van der Waals surface area contributed by atoms with E-state index in [0.717, 1.165) is 22.6 Å². The summed E-state index contributed by atoms with van der Waals surface area (Å²) < 4.78 is 37.9. The first-order valence-corrected chi connectivity index (χ1v) is 9.15. The highest BCUT2D eigenvalue weighted by molar-refractivity contribution is 8.00. The molecule has 1 N–H and O–H groups in total. The molecule has 0 spiro atoms. The number of urea groups is 1. The average Bonchev–Trinajstić information content (AvgIpc) is 2.61. The SMILES string of the molecule is C[C@@H](NC(=O)N1C(=O)C[C@H]1Sc1ccc(C(F)(F)F)cc1)c1ccccc1. The second kappa shape index (κ2) is 7.64. The second-order valence-corrected chi connectivity index (χ2v) is 7.40. The number of carbonyl (C=O) groups is 2. The number of alkyl halides is 3. The number of likely N-dealkylation sites (tertiary alicyclic amines) is 1. The summed E-state index contributed by atoms with van der Waals surface area (Å²) in [7, 11) is 0. The van der Waals surface area contributed by atoms with Crippen LogP contribution in [0.1, 0.15) is 30.5 Å². The minimum atomic E-state index is -4.39. The smallest absolute Gasteiger partial charge is 0.331 e. The summed E-state index contributed by atoms with van der Waals surface area (Å²) in [4.78, 5) is 26.0. The van der Waals surface area contributed by atoms with Crippen LogP contribution >= 0.6 is 11.8 Å². The van der Waals surface area contributed by atoms with Crippen LogP contribution in [0.15, 0.2) is 59.5 Å². The molecule has 142 valence electrons. The van der Waals surface area contributed by atoms with Gasteiger partial charge >= 0.3 is 12.2 Å². The number of halogens is 3. The predicted octanol–water partition coefficient (Wildman–Crippen LogP) is 4.83.